The van der Waals surface area contributed by atoms with Crippen molar-refractivity contribution in [1.82, 2.24) is 15.4 Å². The second-order valence-electron chi connectivity index (χ2n) is 9.99. The van der Waals surface area contributed by atoms with E-state index < -0.39 is 12.6 Å². The minimum absolute atomic E-state index is 0.0217. The van der Waals surface area contributed by atoms with E-state index in [0.29, 0.717) is 11.3 Å². The van der Waals surface area contributed by atoms with Gasteiger partial charge in [0.15, 0.2) is 11.5 Å². The molecule has 3 fully saturated rings. The van der Waals surface area contributed by atoms with Crippen molar-refractivity contribution in [3.05, 3.63) is 53.4 Å². The van der Waals surface area contributed by atoms with Crippen LogP contribution in [0.3, 0.4) is 0 Å². The van der Waals surface area contributed by atoms with Gasteiger partial charge in [0.25, 0.3) is 0 Å². The summed E-state index contributed by atoms with van der Waals surface area (Å²) >= 11 is 0. The first-order valence-corrected chi connectivity index (χ1v) is 12.9. The molecule has 0 N–H and O–H groups in total. The van der Waals surface area contributed by atoms with Gasteiger partial charge in [-0.2, -0.15) is 8.78 Å². The lowest BCUT2D eigenvalue weighted by Gasteiger charge is -2.39. The van der Waals surface area contributed by atoms with Crippen LogP contribution in [0.15, 0.2) is 40.9 Å². The van der Waals surface area contributed by atoms with Gasteiger partial charge in [0.2, 0.25) is 0 Å². The molecule has 38 heavy (non-hydrogen) atoms. The van der Waals surface area contributed by atoms with Gasteiger partial charge in [0.05, 0.1) is 19.8 Å². The number of esters is 1. The van der Waals surface area contributed by atoms with Crippen LogP contribution in [0.25, 0.3) is 11.3 Å². The van der Waals surface area contributed by atoms with Crippen LogP contribution in [0.2, 0.25) is 0 Å². The summed E-state index contributed by atoms with van der Waals surface area (Å²) in [5, 5.41) is 12.6. The average Bonchev–Trinajstić information content (AvgIpc) is 3.63. The number of halogens is 2. The van der Waals surface area contributed by atoms with E-state index >= 15 is 0 Å². The number of aromatic nitrogens is 3. The third kappa shape index (κ3) is 4.82. The lowest BCUT2D eigenvalue weighted by atomic mass is 9.99. The Hall–Kier alpha value is -3.60. The standard InChI is InChI=1S/C27H28F2N4O5/c1-35-26(34)21-10-11-23(31-30-21)33-16-8-9-17(33)13-18(12-16)36-14-20-24(32-38-25(20)15-6-7-15)19-4-2-3-5-22(19)37-27(28)29/h2-5,10-11,15-18,27H,6-9,12-14H2,1H3/t16-,17?,18?/m0/s1. The molecule has 3 aliphatic rings. The molecular formula is C27H28F2N4O5. The van der Waals surface area contributed by atoms with Crippen molar-refractivity contribution < 1.29 is 32.3 Å². The molecular weight excluding hydrogens is 498 g/mol. The van der Waals surface area contributed by atoms with Crippen LogP contribution in [0.1, 0.15) is 66.3 Å². The topological polar surface area (TPSA) is 99.8 Å². The van der Waals surface area contributed by atoms with Crippen molar-refractivity contribution in [2.45, 2.75) is 75.8 Å². The third-order valence-corrected chi connectivity index (χ3v) is 7.59. The van der Waals surface area contributed by atoms with Gasteiger partial charge in [-0.05, 0) is 62.8 Å². The SMILES string of the molecule is COC(=O)c1ccc(N2C3CC[C@H]2CC(OCc2c(-c4ccccc4OC(F)F)noc2C2CC2)C3)nn1. The number of carbonyl (C=O) groups excluding carboxylic acids is 1. The Morgan fingerprint density at radius 3 is 2.50 bits per heavy atom. The summed E-state index contributed by atoms with van der Waals surface area (Å²) < 4.78 is 47.7. The van der Waals surface area contributed by atoms with Gasteiger partial charge in [-0.15, -0.1) is 10.2 Å². The molecule has 1 aliphatic carbocycles. The van der Waals surface area contributed by atoms with Crippen LogP contribution >= 0.6 is 0 Å². The Morgan fingerprint density at radius 1 is 1.08 bits per heavy atom. The number of alkyl halides is 2. The second-order valence-corrected chi connectivity index (χ2v) is 9.99. The molecule has 3 atom stereocenters. The molecule has 2 aliphatic heterocycles. The molecule has 2 aromatic heterocycles. The van der Waals surface area contributed by atoms with Gasteiger partial charge in [-0.25, -0.2) is 4.79 Å². The fraction of sp³-hybridized carbons (Fsp3) is 0.481. The highest BCUT2D eigenvalue weighted by atomic mass is 19.3. The minimum Gasteiger partial charge on any atom is -0.464 e. The first-order chi connectivity index (χ1) is 18.5. The molecule has 0 spiro atoms. The van der Waals surface area contributed by atoms with E-state index in [1.54, 1.807) is 24.3 Å². The quantitative estimate of drug-likeness (QED) is 0.352. The highest BCUT2D eigenvalue weighted by Gasteiger charge is 2.42. The van der Waals surface area contributed by atoms with Gasteiger partial charge in [0.1, 0.15) is 17.2 Å². The number of piperidine rings is 1. The maximum atomic E-state index is 13.0. The Labute approximate surface area is 218 Å². The maximum Gasteiger partial charge on any atom is 0.387 e. The summed E-state index contributed by atoms with van der Waals surface area (Å²) in [6.45, 7) is -2.65. The number of para-hydroxylation sites is 1. The fourth-order valence-electron chi connectivity index (χ4n) is 5.72. The van der Waals surface area contributed by atoms with Crippen LogP contribution in [-0.4, -0.2) is 53.2 Å². The van der Waals surface area contributed by atoms with E-state index in [1.165, 1.54) is 13.2 Å². The van der Waals surface area contributed by atoms with Gasteiger partial charge in [-0.3, -0.25) is 0 Å². The summed E-state index contributed by atoms with van der Waals surface area (Å²) in [5.41, 5.74) is 1.94. The smallest absolute Gasteiger partial charge is 0.387 e. The number of nitrogens with zero attached hydrogens (tertiary/aromatic N) is 4. The lowest BCUT2D eigenvalue weighted by molar-refractivity contribution is -0.0494. The van der Waals surface area contributed by atoms with Crippen molar-refractivity contribution in [3.8, 4) is 17.0 Å². The number of hydrogen-bond acceptors (Lipinski definition) is 9. The molecule has 9 nitrogen and oxygen atoms in total. The summed E-state index contributed by atoms with van der Waals surface area (Å²) in [4.78, 5) is 14.0. The molecule has 0 radical (unpaired) electrons. The Morgan fingerprint density at radius 2 is 1.84 bits per heavy atom. The highest BCUT2D eigenvalue weighted by Crippen LogP contribution is 2.46. The number of rotatable bonds is 9. The Kier molecular flexibility index (Phi) is 6.69. The zero-order chi connectivity index (χ0) is 26.2. The molecule has 2 bridgehead atoms. The van der Waals surface area contributed by atoms with Crippen molar-refractivity contribution in [2.75, 3.05) is 12.0 Å². The predicted molar refractivity (Wildman–Crippen MR) is 131 cm³/mol. The van der Waals surface area contributed by atoms with E-state index in [9.17, 15) is 13.6 Å². The molecule has 1 saturated carbocycles. The van der Waals surface area contributed by atoms with Crippen LogP contribution in [0.5, 0.6) is 5.75 Å². The van der Waals surface area contributed by atoms with E-state index in [2.05, 4.69) is 20.3 Å². The highest BCUT2D eigenvalue weighted by molar-refractivity contribution is 5.87. The fourth-order valence-corrected chi connectivity index (χ4v) is 5.72. The molecule has 2 saturated heterocycles. The van der Waals surface area contributed by atoms with Crippen molar-refractivity contribution in [2.24, 2.45) is 0 Å². The van der Waals surface area contributed by atoms with Gasteiger partial charge in [0, 0.05) is 29.1 Å². The average molecular weight is 527 g/mol. The second kappa shape index (κ2) is 10.3. The van der Waals surface area contributed by atoms with E-state index in [0.717, 1.165) is 55.7 Å². The molecule has 11 heteroatoms. The summed E-state index contributed by atoms with van der Waals surface area (Å²) in [7, 11) is 1.31. The lowest BCUT2D eigenvalue weighted by Crippen LogP contribution is -2.46. The van der Waals surface area contributed by atoms with Crippen molar-refractivity contribution in [1.29, 1.82) is 0 Å². The van der Waals surface area contributed by atoms with E-state index in [-0.39, 0.29) is 42.2 Å². The summed E-state index contributed by atoms with van der Waals surface area (Å²) in [5.74, 6) is 1.35. The maximum absolute atomic E-state index is 13.0. The summed E-state index contributed by atoms with van der Waals surface area (Å²) in [6.07, 6.45) is 5.73. The number of methoxy groups -OCH3 is 1. The third-order valence-electron chi connectivity index (χ3n) is 7.59. The van der Waals surface area contributed by atoms with Gasteiger partial charge < -0.3 is 23.6 Å². The first kappa shape index (κ1) is 24.7. The molecule has 200 valence electrons. The molecule has 3 aromatic rings. The molecule has 0 amide bonds. The molecule has 1 aromatic carbocycles. The van der Waals surface area contributed by atoms with Crippen LogP contribution in [0.4, 0.5) is 14.6 Å². The van der Waals surface area contributed by atoms with Crippen LogP contribution < -0.4 is 9.64 Å². The normalized spacial score (nSPS) is 22.6. The molecule has 2 unspecified atom stereocenters. The first-order valence-electron chi connectivity index (χ1n) is 12.9. The monoisotopic (exact) mass is 526 g/mol. The van der Waals surface area contributed by atoms with Gasteiger partial charge >= 0.3 is 12.6 Å². The zero-order valence-corrected chi connectivity index (χ0v) is 20.9. The number of carbonyl (C=O) groups is 1. The largest absolute Gasteiger partial charge is 0.464 e. The van der Waals surface area contributed by atoms with E-state index in [1.807, 2.05) is 6.07 Å². The van der Waals surface area contributed by atoms with E-state index in [4.69, 9.17) is 18.7 Å². The predicted octanol–water partition coefficient (Wildman–Crippen LogP) is 5.11. The zero-order valence-electron chi connectivity index (χ0n) is 20.9. The molecule has 4 heterocycles. The van der Waals surface area contributed by atoms with Crippen molar-refractivity contribution >= 4 is 11.8 Å². The summed E-state index contributed by atoms with van der Waals surface area (Å²) in [6, 6.07) is 10.6. The number of fused-ring (bicyclic) bond motifs is 2. The number of anilines is 1. The van der Waals surface area contributed by atoms with Crippen LogP contribution in [0, 0.1) is 0 Å². The number of benzene rings is 1. The number of ether oxygens (including phenoxy) is 3. The Balaban J connectivity index is 1.17. The molecule has 6 rings (SSSR count). The number of hydrogen-bond donors (Lipinski definition) is 0. The Bertz CT molecular complexity index is 1280. The van der Waals surface area contributed by atoms with Gasteiger partial charge in [-0.1, -0.05) is 17.3 Å². The van der Waals surface area contributed by atoms with Crippen molar-refractivity contribution in [3.63, 3.8) is 0 Å². The van der Waals surface area contributed by atoms with Crippen LogP contribution in [-0.2, 0) is 16.1 Å². The minimum atomic E-state index is -2.94.